The largest absolute Gasteiger partial charge is 1.00 e. The molecule has 6 nitrogen and oxygen atoms in total. The summed E-state index contributed by atoms with van der Waals surface area (Å²) in [5.41, 5.74) is 1.50. The summed E-state index contributed by atoms with van der Waals surface area (Å²) in [6, 6.07) is 15.4. The molecule has 0 aliphatic carbocycles. The molecule has 2 saturated heterocycles. The first-order valence-corrected chi connectivity index (χ1v) is 17.5. The van der Waals surface area contributed by atoms with Crippen LogP contribution in [0.4, 0.5) is 0 Å². The second-order valence-electron chi connectivity index (χ2n) is 13.9. The van der Waals surface area contributed by atoms with Crippen molar-refractivity contribution < 1.29 is 76.0 Å². The van der Waals surface area contributed by atoms with E-state index in [9.17, 15) is 9.59 Å². The van der Waals surface area contributed by atoms with Crippen LogP contribution >= 0.6 is 0 Å². The van der Waals surface area contributed by atoms with Crippen LogP contribution in [0.1, 0.15) is 98.8 Å². The molecule has 8 heteroatoms. The van der Waals surface area contributed by atoms with Crippen molar-refractivity contribution in [3.8, 4) is 11.5 Å². The monoisotopic (exact) mass is 860 g/mol. The van der Waals surface area contributed by atoms with Gasteiger partial charge in [-0.05, 0) is 127 Å². The van der Waals surface area contributed by atoms with Crippen LogP contribution in [-0.4, -0.2) is 87.1 Å². The smallest absolute Gasteiger partial charge is 0.171 e. The molecule has 2 fully saturated rings. The molecule has 0 spiro atoms. The fourth-order valence-electron chi connectivity index (χ4n) is 7.58. The van der Waals surface area contributed by atoms with E-state index >= 15 is 0 Å². The Morgan fingerprint density at radius 2 is 0.870 bits per heavy atom. The molecule has 2 heterocycles. The van der Waals surface area contributed by atoms with Crippen molar-refractivity contribution in [3.63, 3.8) is 0 Å². The van der Waals surface area contributed by atoms with E-state index in [0.29, 0.717) is 13.2 Å². The minimum Gasteiger partial charge on any atom is -1.00 e. The standard InChI is InChI=1S/C38H58N2O4.2HI/c1-5-43-35-21-17-31(18-22-35)37(41)33(29-39(3)25-11-7-8-12-26-39)15-16-34(30-40(4)27-13-9-10-14-28-40)38(42)32-19-23-36(24-20-32)44-6-2;;/h17-24,33-34H,5-16,25-30H2,1-4H3;2*1H/q+2;;/p-2. The SMILES string of the molecule is CCOc1ccc(C(=O)C(CCC(C[N+]2(C)CCCCCC2)C(=O)c2ccc(OCC)cc2)C[N+]2(C)CCCCCC2)cc1.[I-].[I-]. The molecule has 258 valence electrons. The van der Waals surface area contributed by atoms with E-state index < -0.39 is 0 Å². The van der Waals surface area contributed by atoms with Gasteiger partial charge in [0.15, 0.2) is 11.6 Å². The van der Waals surface area contributed by atoms with E-state index in [4.69, 9.17) is 9.47 Å². The first-order valence-electron chi connectivity index (χ1n) is 17.5. The summed E-state index contributed by atoms with van der Waals surface area (Å²) in [7, 11) is 4.69. The van der Waals surface area contributed by atoms with Crippen LogP contribution in [0.15, 0.2) is 48.5 Å². The predicted molar refractivity (Wildman–Crippen MR) is 179 cm³/mol. The van der Waals surface area contributed by atoms with E-state index in [1.165, 1.54) is 51.4 Å². The lowest BCUT2D eigenvalue weighted by Gasteiger charge is -2.38. The van der Waals surface area contributed by atoms with Gasteiger partial charge >= 0.3 is 0 Å². The zero-order valence-electron chi connectivity index (χ0n) is 28.8. The molecule has 0 bridgehead atoms. The van der Waals surface area contributed by atoms with Gasteiger partial charge in [-0.3, -0.25) is 9.59 Å². The summed E-state index contributed by atoms with van der Waals surface area (Å²) < 4.78 is 13.2. The van der Waals surface area contributed by atoms with Gasteiger partial charge in [0, 0.05) is 11.1 Å². The summed E-state index contributed by atoms with van der Waals surface area (Å²) in [5.74, 6) is 1.76. The highest BCUT2D eigenvalue weighted by atomic mass is 127. The second-order valence-corrected chi connectivity index (χ2v) is 13.9. The maximum Gasteiger partial charge on any atom is 0.171 e. The van der Waals surface area contributed by atoms with Crippen molar-refractivity contribution in [1.29, 1.82) is 0 Å². The molecule has 2 aromatic rings. The van der Waals surface area contributed by atoms with Gasteiger partial charge in [0.1, 0.15) is 11.5 Å². The van der Waals surface area contributed by atoms with Gasteiger partial charge < -0.3 is 66.4 Å². The molecule has 2 atom stereocenters. The summed E-state index contributed by atoms with van der Waals surface area (Å²) in [4.78, 5) is 28.4. The zero-order valence-corrected chi connectivity index (χ0v) is 33.1. The van der Waals surface area contributed by atoms with Crippen molar-refractivity contribution >= 4 is 11.6 Å². The average molecular weight is 861 g/mol. The average Bonchev–Trinajstić information content (AvgIpc) is 3.38. The number of quaternary nitrogens is 2. The Kier molecular flexibility index (Phi) is 18.1. The Hall–Kier alpha value is -1.24. The molecule has 2 aliphatic heterocycles. The summed E-state index contributed by atoms with van der Waals surface area (Å²) >= 11 is 0. The van der Waals surface area contributed by atoms with E-state index in [1.807, 2.05) is 62.4 Å². The minimum absolute atomic E-state index is 0. The second kappa shape index (κ2) is 20.3. The van der Waals surface area contributed by atoms with Crippen LogP contribution in [0.3, 0.4) is 0 Å². The van der Waals surface area contributed by atoms with Crippen molar-refractivity contribution in [3.05, 3.63) is 59.7 Å². The van der Waals surface area contributed by atoms with Crippen molar-refractivity contribution in [1.82, 2.24) is 0 Å². The van der Waals surface area contributed by atoms with E-state index in [1.54, 1.807) is 0 Å². The lowest BCUT2D eigenvalue weighted by Crippen LogP contribution is -3.00. The number of rotatable bonds is 15. The summed E-state index contributed by atoms with van der Waals surface area (Å²) in [6.45, 7) is 11.3. The van der Waals surface area contributed by atoms with Gasteiger partial charge in [-0.15, -0.1) is 0 Å². The highest BCUT2D eigenvalue weighted by Gasteiger charge is 2.36. The molecule has 2 aliphatic rings. The number of likely N-dealkylation sites (tertiary alicyclic amines) is 2. The predicted octanol–water partition coefficient (Wildman–Crippen LogP) is 1.61. The van der Waals surface area contributed by atoms with E-state index in [0.717, 1.165) is 83.7 Å². The van der Waals surface area contributed by atoms with Crippen LogP contribution in [0.5, 0.6) is 11.5 Å². The summed E-state index contributed by atoms with van der Waals surface area (Å²) in [6.07, 6.45) is 11.4. The Morgan fingerprint density at radius 1 is 0.565 bits per heavy atom. The number of carbonyl (C=O) groups excluding carboxylic acids is 2. The molecule has 4 rings (SSSR count). The molecule has 0 saturated carbocycles. The Balaban J connectivity index is 0.00000368. The molecule has 2 unspecified atom stereocenters. The number of hydrogen-bond donors (Lipinski definition) is 0. The number of nitrogens with zero attached hydrogens (tertiary/aromatic N) is 2. The maximum absolute atomic E-state index is 14.2. The van der Waals surface area contributed by atoms with Gasteiger partial charge in [-0.1, -0.05) is 0 Å². The quantitative estimate of drug-likeness (QED) is 0.156. The number of hydrogen-bond acceptors (Lipinski definition) is 4. The lowest BCUT2D eigenvalue weighted by atomic mass is 9.85. The van der Waals surface area contributed by atoms with Crippen LogP contribution in [-0.2, 0) is 0 Å². The van der Waals surface area contributed by atoms with Gasteiger partial charge in [-0.2, -0.15) is 0 Å². The number of carbonyl (C=O) groups is 2. The Bertz CT molecular complexity index is 1080. The number of benzene rings is 2. The lowest BCUT2D eigenvalue weighted by molar-refractivity contribution is -0.911. The molecular weight excluding hydrogens is 802 g/mol. The molecule has 46 heavy (non-hydrogen) atoms. The Labute approximate surface area is 313 Å². The van der Waals surface area contributed by atoms with Crippen LogP contribution in [0.2, 0.25) is 0 Å². The van der Waals surface area contributed by atoms with Gasteiger partial charge in [0.2, 0.25) is 0 Å². The van der Waals surface area contributed by atoms with Crippen molar-refractivity contribution in [2.75, 3.05) is 66.6 Å². The molecule has 0 aromatic heterocycles. The molecular formula is C38H58I2N2O4. The summed E-state index contributed by atoms with van der Waals surface area (Å²) in [5, 5.41) is 0. The first-order chi connectivity index (χ1) is 21.2. The van der Waals surface area contributed by atoms with Gasteiger partial charge in [-0.25, -0.2) is 0 Å². The van der Waals surface area contributed by atoms with Crippen LogP contribution < -0.4 is 57.4 Å². The molecule has 0 radical (unpaired) electrons. The topological polar surface area (TPSA) is 52.6 Å². The normalized spacial score (nSPS) is 18.8. The Morgan fingerprint density at radius 3 is 1.15 bits per heavy atom. The molecule has 2 aromatic carbocycles. The van der Waals surface area contributed by atoms with Crippen molar-refractivity contribution in [2.24, 2.45) is 11.8 Å². The zero-order chi connectivity index (χ0) is 31.4. The van der Waals surface area contributed by atoms with Gasteiger partial charge in [0.05, 0.1) is 78.4 Å². The van der Waals surface area contributed by atoms with Crippen LogP contribution in [0, 0.1) is 11.8 Å². The number of ketones is 2. The third-order valence-electron chi connectivity index (χ3n) is 10.1. The van der Waals surface area contributed by atoms with Crippen molar-refractivity contribution in [2.45, 2.75) is 78.1 Å². The number of ether oxygens (including phenoxy) is 2. The minimum atomic E-state index is -0.124. The van der Waals surface area contributed by atoms with E-state index in [2.05, 4.69) is 14.1 Å². The van der Waals surface area contributed by atoms with Crippen LogP contribution in [0.25, 0.3) is 0 Å². The molecule has 0 amide bonds. The highest BCUT2D eigenvalue weighted by Crippen LogP contribution is 2.29. The fraction of sp³-hybridized carbons (Fsp3) is 0.632. The maximum atomic E-state index is 14.2. The fourth-order valence-corrected chi connectivity index (χ4v) is 7.58. The third-order valence-corrected chi connectivity index (χ3v) is 10.1. The number of Topliss-reactive ketones (excluding diaryl/α,β-unsaturated/α-hetero) is 2. The molecule has 0 N–H and O–H groups in total. The van der Waals surface area contributed by atoms with E-state index in [-0.39, 0.29) is 71.4 Å². The first kappa shape index (κ1) is 40.9. The highest BCUT2D eigenvalue weighted by molar-refractivity contribution is 5.99. The van der Waals surface area contributed by atoms with Gasteiger partial charge in [0.25, 0.3) is 0 Å². The third kappa shape index (κ3) is 12.3. The number of halogens is 2.